The van der Waals surface area contributed by atoms with E-state index in [1.54, 1.807) is 0 Å². The molecule has 1 heterocycles. The van der Waals surface area contributed by atoms with E-state index in [9.17, 15) is 14.4 Å². The van der Waals surface area contributed by atoms with Gasteiger partial charge in [0.25, 0.3) is 0 Å². The smallest absolute Gasteiger partial charge is 0.327 e. The molecule has 2 atom stereocenters. The quantitative estimate of drug-likeness (QED) is 0.684. The Morgan fingerprint density at radius 1 is 1.47 bits per heavy atom. The number of carboxylic acid groups (broad SMARTS) is 1. The van der Waals surface area contributed by atoms with Crippen LogP contribution in [0.4, 0.5) is 4.79 Å². The molecule has 1 aliphatic rings. The van der Waals surface area contributed by atoms with Crippen LogP contribution in [0.1, 0.15) is 27.2 Å². The maximum Gasteiger partial charge on any atom is 0.327 e. The third-order valence-electron chi connectivity index (χ3n) is 3.00. The fourth-order valence-electron chi connectivity index (χ4n) is 1.73. The van der Waals surface area contributed by atoms with Gasteiger partial charge in [0.15, 0.2) is 0 Å². The van der Waals surface area contributed by atoms with E-state index in [4.69, 9.17) is 10.8 Å². The van der Waals surface area contributed by atoms with Gasteiger partial charge in [0.2, 0.25) is 5.91 Å². The summed E-state index contributed by atoms with van der Waals surface area (Å²) in [5.41, 5.74) is 3.97. The molecule has 108 valence electrons. The van der Waals surface area contributed by atoms with Crippen molar-refractivity contribution < 1.29 is 19.5 Å². The molecule has 0 bridgehead atoms. The molecular weight excluding hydrogens is 270 g/mol. The van der Waals surface area contributed by atoms with Gasteiger partial charge in [-0.2, -0.15) is 0 Å². The molecule has 0 aliphatic carbocycles. The summed E-state index contributed by atoms with van der Waals surface area (Å²) in [4.78, 5) is 35.8. The van der Waals surface area contributed by atoms with Crippen molar-refractivity contribution in [3.05, 3.63) is 0 Å². The Hall–Kier alpha value is -1.44. The molecule has 0 spiro atoms. The van der Waals surface area contributed by atoms with Crippen molar-refractivity contribution in [3.63, 3.8) is 0 Å². The van der Waals surface area contributed by atoms with E-state index < -0.39 is 29.5 Å². The molecule has 1 rings (SSSR count). The molecular formula is C11H19N3O4S. The first-order chi connectivity index (χ1) is 8.70. The van der Waals surface area contributed by atoms with Gasteiger partial charge >= 0.3 is 12.0 Å². The fraction of sp³-hybridized carbons (Fsp3) is 0.727. The summed E-state index contributed by atoms with van der Waals surface area (Å²) >= 11 is 1.42. The van der Waals surface area contributed by atoms with Gasteiger partial charge in [0.1, 0.15) is 11.6 Å². The van der Waals surface area contributed by atoms with Crippen molar-refractivity contribution in [2.75, 3.05) is 5.75 Å². The normalized spacial score (nSPS) is 23.2. The predicted molar refractivity (Wildman–Crippen MR) is 71.6 cm³/mol. The second kappa shape index (κ2) is 5.68. The molecule has 19 heavy (non-hydrogen) atoms. The van der Waals surface area contributed by atoms with E-state index in [0.29, 0.717) is 12.2 Å². The summed E-state index contributed by atoms with van der Waals surface area (Å²) in [6, 6.07) is -1.45. The number of hydrogen-bond acceptors (Lipinski definition) is 4. The second-order valence-electron chi connectivity index (χ2n) is 4.88. The van der Waals surface area contributed by atoms with E-state index in [1.165, 1.54) is 30.5 Å². The van der Waals surface area contributed by atoms with Crippen molar-refractivity contribution in [1.82, 2.24) is 10.2 Å². The van der Waals surface area contributed by atoms with E-state index in [-0.39, 0.29) is 5.37 Å². The highest BCUT2D eigenvalue weighted by Gasteiger charge is 2.42. The first-order valence-corrected chi connectivity index (χ1v) is 7.00. The highest BCUT2D eigenvalue weighted by molar-refractivity contribution is 8.00. The third-order valence-corrected chi connectivity index (χ3v) is 4.45. The molecule has 2 unspecified atom stereocenters. The first kappa shape index (κ1) is 15.6. The number of carbonyl (C=O) groups is 3. The van der Waals surface area contributed by atoms with Crippen LogP contribution < -0.4 is 11.1 Å². The molecule has 0 aromatic carbocycles. The maximum absolute atomic E-state index is 12.2. The lowest BCUT2D eigenvalue weighted by Crippen LogP contribution is -2.59. The minimum Gasteiger partial charge on any atom is -0.480 e. The first-order valence-electron chi connectivity index (χ1n) is 5.95. The second-order valence-corrected chi connectivity index (χ2v) is 6.09. The Balaban J connectivity index is 2.88. The SMILES string of the molecule is CCC1SCC(C(=O)O)N1C(=O)NC(C)(C)C(N)=O. The number of urea groups is 1. The van der Waals surface area contributed by atoms with Crippen LogP contribution in [0.25, 0.3) is 0 Å². The number of rotatable bonds is 4. The van der Waals surface area contributed by atoms with Crippen LogP contribution >= 0.6 is 11.8 Å². The van der Waals surface area contributed by atoms with Crippen LogP contribution in [0.3, 0.4) is 0 Å². The summed E-state index contributed by atoms with van der Waals surface area (Å²) < 4.78 is 0. The highest BCUT2D eigenvalue weighted by Crippen LogP contribution is 2.31. The van der Waals surface area contributed by atoms with Crippen LogP contribution in [-0.4, -0.2) is 50.6 Å². The Kier molecular flexibility index (Phi) is 4.67. The summed E-state index contributed by atoms with van der Waals surface area (Å²) in [6.45, 7) is 4.84. The van der Waals surface area contributed by atoms with Crippen LogP contribution in [-0.2, 0) is 9.59 Å². The highest BCUT2D eigenvalue weighted by atomic mass is 32.2. The minimum absolute atomic E-state index is 0.204. The molecule has 1 saturated heterocycles. The van der Waals surface area contributed by atoms with Crippen molar-refractivity contribution in [3.8, 4) is 0 Å². The molecule has 1 aliphatic heterocycles. The lowest BCUT2D eigenvalue weighted by Gasteiger charge is -2.31. The fourth-order valence-corrected chi connectivity index (χ4v) is 3.08. The van der Waals surface area contributed by atoms with Gasteiger partial charge in [-0.3, -0.25) is 9.69 Å². The summed E-state index contributed by atoms with van der Waals surface area (Å²) in [5, 5.41) is 11.4. The van der Waals surface area contributed by atoms with Crippen LogP contribution in [0.5, 0.6) is 0 Å². The number of carbonyl (C=O) groups excluding carboxylic acids is 2. The lowest BCUT2D eigenvalue weighted by atomic mass is 10.1. The van der Waals surface area contributed by atoms with Gasteiger partial charge < -0.3 is 16.2 Å². The molecule has 7 nitrogen and oxygen atoms in total. The molecule has 0 saturated carbocycles. The van der Waals surface area contributed by atoms with Gasteiger partial charge in [-0.05, 0) is 20.3 Å². The minimum atomic E-state index is -1.22. The summed E-state index contributed by atoms with van der Waals surface area (Å²) in [7, 11) is 0. The monoisotopic (exact) mass is 289 g/mol. The van der Waals surface area contributed by atoms with Crippen molar-refractivity contribution in [2.24, 2.45) is 5.73 Å². The van der Waals surface area contributed by atoms with Crippen LogP contribution in [0.2, 0.25) is 0 Å². The molecule has 3 amide bonds. The largest absolute Gasteiger partial charge is 0.480 e. The number of primary amides is 1. The molecule has 4 N–H and O–H groups in total. The Morgan fingerprint density at radius 2 is 2.05 bits per heavy atom. The topological polar surface area (TPSA) is 113 Å². The van der Waals surface area contributed by atoms with E-state index in [1.807, 2.05) is 6.92 Å². The Morgan fingerprint density at radius 3 is 2.47 bits per heavy atom. The number of hydrogen-bond donors (Lipinski definition) is 3. The van der Waals surface area contributed by atoms with Gasteiger partial charge in [-0.25, -0.2) is 9.59 Å². The average molecular weight is 289 g/mol. The standard InChI is InChI=1S/C11H19N3O4S/c1-4-7-14(6(5-19-7)8(15)16)10(18)13-11(2,3)9(12)17/h6-7H,4-5H2,1-3H3,(H2,12,17)(H,13,18)(H,15,16). The number of thioether (sulfide) groups is 1. The lowest BCUT2D eigenvalue weighted by molar-refractivity contribution is -0.141. The number of carboxylic acids is 1. The number of nitrogens with two attached hydrogens (primary N) is 1. The van der Waals surface area contributed by atoms with Crippen molar-refractivity contribution in [2.45, 2.75) is 44.1 Å². The zero-order valence-corrected chi connectivity index (χ0v) is 12.0. The average Bonchev–Trinajstić information content (AvgIpc) is 2.71. The molecule has 0 aromatic rings. The van der Waals surface area contributed by atoms with E-state index in [2.05, 4.69) is 5.32 Å². The number of nitrogens with one attached hydrogen (secondary N) is 1. The molecule has 8 heteroatoms. The molecule has 0 aromatic heterocycles. The van der Waals surface area contributed by atoms with Crippen LogP contribution in [0, 0.1) is 0 Å². The summed E-state index contributed by atoms with van der Waals surface area (Å²) in [5.74, 6) is -1.37. The van der Waals surface area contributed by atoms with Gasteiger partial charge in [-0.15, -0.1) is 11.8 Å². The maximum atomic E-state index is 12.2. The third kappa shape index (κ3) is 3.31. The Bertz CT molecular complexity index is 399. The van der Waals surface area contributed by atoms with E-state index >= 15 is 0 Å². The zero-order valence-electron chi connectivity index (χ0n) is 11.2. The number of nitrogens with zero attached hydrogens (tertiary/aromatic N) is 1. The molecule has 1 fully saturated rings. The zero-order chi connectivity index (χ0) is 14.8. The number of amides is 3. The van der Waals surface area contributed by atoms with Gasteiger partial charge in [-0.1, -0.05) is 6.92 Å². The van der Waals surface area contributed by atoms with Gasteiger partial charge in [0.05, 0.1) is 5.37 Å². The van der Waals surface area contributed by atoms with Crippen LogP contribution in [0.15, 0.2) is 0 Å². The predicted octanol–water partition coefficient (Wildman–Crippen LogP) is 0.198. The Labute approximate surface area is 115 Å². The van der Waals surface area contributed by atoms with Crippen molar-refractivity contribution in [1.29, 1.82) is 0 Å². The molecule has 0 radical (unpaired) electrons. The van der Waals surface area contributed by atoms with Crippen molar-refractivity contribution >= 4 is 29.7 Å². The summed E-state index contributed by atoms with van der Waals surface area (Å²) in [6.07, 6.45) is 0.638. The van der Waals surface area contributed by atoms with Gasteiger partial charge in [0, 0.05) is 5.75 Å². The van der Waals surface area contributed by atoms with E-state index in [0.717, 1.165) is 0 Å². The number of aliphatic carboxylic acids is 1.